The number of aromatic nitrogens is 4. The molecule has 2 heterocycles. The van der Waals surface area contributed by atoms with Crippen LogP contribution in [-0.4, -0.2) is 33.9 Å². The van der Waals surface area contributed by atoms with Crippen LogP contribution in [0.15, 0.2) is 54.2 Å². The van der Waals surface area contributed by atoms with Crippen molar-refractivity contribution in [2.45, 2.75) is 24.9 Å². The highest BCUT2D eigenvalue weighted by molar-refractivity contribution is 7.91. The first-order valence-corrected chi connectivity index (χ1v) is 9.02. The summed E-state index contributed by atoms with van der Waals surface area (Å²) >= 11 is 0. The number of aromatic amines is 1. The first-order chi connectivity index (χ1) is 11.1. The van der Waals surface area contributed by atoms with E-state index < -0.39 is 9.84 Å². The Morgan fingerprint density at radius 3 is 2.91 bits per heavy atom. The first kappa shape index (κ1) is 15.5. The number of hydrogen-bond acceptors (Lipinski definition) is 4. The fourth-order valence-corrected chi connectivity index (χ4v) is 3.86. The number of rotatable bonds is 6. The van der Waals surface area contributed by atoms with Gasteiger partial charge in [0.15, 0.2) is 0 Å². The smallest absolute Gasteiger partial charge is 0.232 e. The molecule has 0 atom stereocenters. The van der Waals surface area contributed by atoms with Gasteiger partial charge in [-0.25, -0.2) is 13.4 Å². The van der Waals surface area contributed by atoms with Gasteiger partial charge in [-0.05, 0) is 43.0 Å². The summed E-state index contributed by atoms with van der Waals surface area (Å²) < 4.78 is 26.8. The van der Waals surface area contributed by atoms with Gasteiger partial charge in [0.2, 0.25) is 15.0 Å². The Bertz CT molecular complexity index is 882. The molecule has 0 saturated carbocycles. The molecule has 3 rings (SSSR count). The Morgan fingerprint density at radius 1 is 1.30 bits per heavy atom. The van der Waals surface area contributed by atoms with E-state index in [-0.39, 0.29) is 10.9 Å². The molecule has 0 aliphatic heterocycles. The van der Waals surface area contributed by atoms with Gasteiger partial charge in [-0.3, -0.25) is 9.67 Å². The minimum Gasteiger partial charge on any atom is -0.291 e. The van der Waals surface area contributed by atoms with Crippen LogP contribution in [0.1, 0.15) is 17.5 Å². The van der Waals surface area contributed by atoms with Gasteiger partial charge in [0.1, 0.15) is 0 Å². The predicted octanol–water partition coefficient (Wildman–Crippen LogP) is 2.31. The lowest BCUT2D eigenvalue weighted by atomic mass is 10.2. The van der Waals surface area contributed by atoms with Gasteiger partial charge in [-0.2, -0.15) is 5.10 Å². The van der Waals surface area contributed by atoms with Gasteiger partial charge in [-0.15, -0.1) is 0 Å². The van der Waals surface area contributed by atoms with Crippen molar-refractivity contribution >= 4 is 9.84 Å². The standard InChI is InChI=1S/C16H18N4O2S/c1-13-4-2-6-15(10-13)20-8-7-17-16(20)23(21,22)9-3-5-14-11-18-19-12-14/h2,4,6-8,10-12H,3,5,9H2,1H3,(H,18,19). The van der Waals surface area contributed by atoms with Gasteiger partial charge in [0.25, 0.3) is 0 Å². The predicted molar refractivity (Wildman–Crippen MR) is 87.3 cm³/mol. The highest BCUT2D eigenvalue weighted by atomic mass is 32.2. The number of aryl methyl sites for hydroxylation is 2. The second-order valence-corrected chi connectivity index (χ2v) is 7.45. The third kappa shape index (κ3) is 3.50. The molecule has 0 aliphatic carbocycles. The number of nitrogens with one attached hydrogen (secondary N) is 1. The third-order valence-electron chi connectivity index (χ3n) is 3.60. The van der Waals surface area contributed by atoms with E-state index in [2.05, 4.69) is 15.2 Å². The number of H-pyrrole nitrogens is 1. The molecule has 6 nitrogen and oxygen atoms in total. The molecule has 0 unspecified atom stereocenters. The normalized spacial score (nSPS) is 11.7. The summed E-state index contributed by atoms with van der Waals surface area (Å²) in [5, 5.41) is 6.68. The first-order valence-electron chi connectivity index (χ1n) is 7.37. The van der Waals surface area contributed by atoms with E-state index in [1.165, 1.54) is 6.20 Å². The molecule has 0 bridgehead atoms. The zero-order valence-corrected chi connectivity index (χ0v) is 13.6. The Balaban J connectivity index is 1.79. The van der Waals surface area contributed by atoms with Gasteiger partial charge in [0.05, 0.1) is 11.9 Å². The topological polar surface area (TPSA) is 80.6 Å². The SMILES string of the molecule is Cc1cccc(-n2ccnc2S(=O)(=O)CCCc2cn[nH]c2)c1. The van der Waals surface area contributed by atoms with Crippen molar-refractivity contribution in [2.24, 2.45) is 0 Å². The van der Waals surface area contributed by atoms with Crippen LogP contribution in [0.5, 0.6) is 0 Å². The summed E-state index contributed by atoms with van der Waals surface area (Å²) in [4.78, 5) is 4.07. The van der Waals surface area contributed by atoms with Crippen molar-refractivity contribution < 1.29 is 8.42 Å². The van der Waals surface area contributed by atoms with Crippen molar-refractivity contribution in [3.05, 3.63) is 60.2 Å². The zero-order chi connectivity index (χ0) is 16.3. The maximum atomic E-state index is 12.6. The third-order valence-corrected chi connectivity index (χ3v) is 5.28. The second kappa shape index (κ2) is 6.37. The van der Waals surface area contributed by atoms with Crippen LogP contribution in [0.4, 0.5) is 0 Å². The average molecular weight is 330 g/mol. The summed E-state index contributed by atoms with van der Waals surface area (Å²) in [6, 6.07) is 7.69. The molecule has 3 aromatic rings. The minimum absolute atomic E-state index is 0.0566. The van der Waals surface area contributed by atoms with E-state index in [0.717, 1.165) is 16.8 Å². The van der Waals surface area contributed by atoms with Crippen molar-refractivity contribution in [2.75, 3.05) is 5.75 Å². The van der Waals surface area contributed by atoms with Crippen molar-refractivity contribution in [3.63, 3.8) is 0 Å². The molecule has 0 radical (unpaired) electrons. The fourth-order valence-electron chi connectivity index (χ4n) is 2.47. The van der Waals surface area contributed by atoms with Crippen LogP contribution < -0.4 is 0 Å². The minimum atomic E-state index is -3.44. The number of nitrogens with zero attached hydrogens (tertiary/aromatic N) is 3. The van der Waals surface area contributed by atoms with Crippen LogP contribution in [-0.2, 0) is 16.3 Å². The molecule has 1 N–H and O–H groups in total. The number of hydrogen-bond donors (Lipinski definition) is 1. The lowest BCUT2D eigenvalue weighted by Crippen LogP contribution is -2.13. The highest BCUT2D eigenvalue weighted by Crippen LogP contribution is 2.18. The van der Waals surface area contributed by atoms with Crippen molar-refractivity contribution in [1.82, 2.24) is 19.7 Å². The molecule has 0 saturated heterocycles. The maximum absolute atomic E-state index is 12.6. The number of sulfone groups is 1. The fraction of sp³-hybridized carbons (Fsp3) is 0.250. The quantitative estimate of drug-likeness (QED) is 0.752. The molecule has 120 valence electrons. The van der Waals surface area contributed by atoms with Gasteiger partial charge in [-0.1, -0.05) is 12.1 Å². The summed E-state index contributed by atoms with van der Waals surface area (Å²) in [7, 11) is -3.44. The molecule has 23 heavy (non-hydrogen) atoms. The molecular formula is C16H18N4O2S. The van der Waals surface area contributed by atoms with Crippen LogP contribution in [0.2, 0.25) is 0 Å². The van der Waals surface area contributed by atoms with E-state index in [9.17, 15) is 8.42 Å². The molecular weight excluding hydrogens is 312 g/mol. The van der Waals surface area contributed by atoms with Gasteiger partial charge < -0.3 is 0 Å². The maximum Gasteiger partial charge on any atom is 0.232 e. The lowest BCUT2D eigenvalue weighted by Gasteiger charge is -2.09. The average Bonchev–Trinajstić information content (AvgIpc) is 3.18. The van der Waals surface area contributed by atoms with Crippen LogP contribution in [0.25, 0.3) is 5.69 Å². The lowest BCUT2D eigenvalue weighted by molar-refractivity contribution is 0.581. The monoisotopic (exact) mass is 330 g/mol. The van der Waals surface area contributed by atoms with E-state index in [1.807, 2.05) is 31.2 Å². The second-order valence-electron chi connectivity index (χ2n) is 5.45. The Hall–Kier alpha value is -2.41. The number of benzene rings is 1. The summed E-state index contributed by atoms with van der Waals surface area (Å²) in [6.45, 7) is 1.97. The van der Waals surface area contributed by atoms with E-state index >= 15 is 0 Å². The van der Waals surface area contributed by atoms with Crippen LogP contribution >= 0.6 is 0 Å². The highest BCUT2D eigenvalue weighted by Gasteiger charge is 2.21. The Labute approximate surface area is 135 Å². The molecule has 0 spiro atoms. The van der Waals surface area contributed by atoms with Gasteiger partial charge in [0, 0.05) is 24.3 Å². The van der Waals surface area contributed by atoms with E-state index in [4.69, 9.17) is 0 Å². The number of imidazole rings is 1. The molecule has 7 heteroatoms. The summed E-state index contributed by atoms with van der Waals surface area (Å²) in [5.74, 6) is 0.0566. The molecule has 2 aromatic heterocycles. The van der Waals surface area contributed by atoms with Gasteiger partial charge >= 0.3 is 0 Å². The van der Waals surface area contributed by atoms with Crippen molar-refractivity contribution in [3.8, 4) is 5.69 Å². The van der Waals surface area contributed by atoms with E-state index in [0.29, 0.717) is 12.8 Å². The van der Waals surface area contributed by atoms with Crippen LogP contribution in [0, 0.1) is 6.92 Å². The Kier molecular flexibility index (Phi) is 4.29. The summed E-state index contributed by atoms with van der Waals surface area (Å²) in [5.41, 5.74) is 2.87. The zero-order valence-electron chi connectivity index (χ0n) is 12.8. The summed E-state index contributed by atoms with van der Waals surface area (Å²) in [6.07, 6.45) is 7.88. The van der Waals surface area contributed by atoms with Crippen LogP contribution in [0.3, 0.4) is 0 Å². The Morgan fingerprint density at radius 2 is 2.17 bits per heavy atom. The largest absolute Gasteiger partial charge is 0.291 e. The molecule has 0 fully saturated rings. The molecule has 0 aliphatic rings. The van der Waals surface area contributed by atoms with E-state index in [1.54, 1.807) is 23.2 Å². The molecule has 0 amide bonds. The van der Waals surface area contributed by atoms with Crippen molar-refractivity contribution in [1.29, 1.82) is 0 Å². The molecule has 1 aromatic carbocycles.